The Labute approximate surface area is 167 Å². The van der Waals surface area contributed by atoms with E-state index in [4.69, 9.17) is 9.84 Å². The van der Waals surface area contributed by atoms with Crippen LogP contribution in [0.5, 0.6) is 5.75 Å². The molecule has 3 nitrogen and oxygen atoms in total. The molecule has 3 aromatic rings. The Hall–Kier alpha value is -3.05. The Morgan fingerprint density at radius 2 is 1.64 bits per heavy atom. The molecule has 0 aromatic heterocycles. The van der Waals surface area contributed by atoms with E-state index < -0.39 is 5.97 Å². The zero-order valence-corrected chi connectivity index (χ0v) is 15.9. The summed E-state index contributed by atoms with van der Waals surface area (Å²) >= 11 is 1.61. The zero-order chi connectivity index (χ0) is 19.8. The van der Waals surface area contributed by atoms with Gasteiger partial charge in [0, 0.05) is 16.2 Å². The van der Waals surface area contributed by atoms with Gasteiger partial charge in [-0.1, -0.05) is 54.6 Å². The number of thioether (sulfide) groups is 1. The Morgan fingerprint density at radius 1 is 0.964 bits per heavy atom. The van der Waals surface area contributed by atoms with E-state index in [0.29, 0.717) is 17.1 Å². The summed E-state index contributed by atoms with van der Waals surface area (Å²) in [7, 11) is 0. The summed E-state index contributed by atoms with van der Waals surface area (Å²) < 4.78 is 19.5. The highest BCUT2D eigenvalue weighted by atomic mass is 32.2. The lowest BCUT2D eigenvalue weighted by Gasteiger charge is -2.10. The third kappa shape index (κ3) is 5.47. The van der Waals surface area contributed by atoms with Crippen LogP contribution in [0.3, 0.4) is 0 Å². The number of carboxylic acids is 1. The number of aliphatic carboxylic acids is 1. The molecule has 0 aliphatic heterocycles. The van der Waals surface area contributed by atoms with Crippen molar-refractivity contribution in [3.63, 3.8) is 0 Å². The van der Waals surface area contributed by atoms with Gasteiger partial charge < -0.3 is 9.84 Å². The van der Waals surface area contributed by atoms with E-state index in [9.17, 15) is 9.18 Å². The van der Waals surface area contributed by atoms with Crippen LogP contribution in [-0.2, 0) is 4.79 Å². The van der Waals surface area contributed by atoms with Crippen molar-refractivity contribution in [3.05, 3.63) is 102 Å². The van der Waals surface area contributed by atoms with E-state index in [1.165, 1.54) is 6.07 Å². The zero-order valence-electron chi connectivity index (χ0n) is 15.0. The molecule has 0 amide bonds. The molecule has 142 valence electrons. The number of rotatable bonds is 8. The molecule has 3 rings (SSSR count). The van der Waals surface area contributed by atoms with Crippen LogP contribution in [0.4, 0.5) is 4.39 Å². The summed E-state index contributed by atoms with van der Waals surface area (Å²) in [5.41, 5.74) is 2.39. The molecule has 0 radical (unpaired) electrons. The maximum absolute atomic E-state index is 14.3. The maximum Gasteiger partial charge on any atom is 0.341 e. The molecule has 28 heavy (non-hydrogen) atoms. The van der Waals surface area contributed by atoms with E-state index in [-0.39, 0.29) is 12.4 Å². The minimum Gasteiger partial charge on any atom is -0.482 e. The SMILES string of the molecule is O=C(O)COc1ccc(SCC=C(c2ccccc2)c2ccccc2F)cc1. The molecule has 1 N–H and O–H groups in total. The van der Waals surface area contributed by atoms with Crippen LogP contribution in [0.2, 0.25) is 0 Å². The van der Waals surface area contributed by atoms with Crippen molar-refractivity contribution in [2.75, 3.05) is 12.4 Å². The summed E-state index contributed by atoms with van der Waals surface area (Å²) in [4.78, 5) is 11.6. The van der Waals surface area contributed by atoms with Crippen molar-refractivity contribution in [2.24, 2.45) is 0 Å². The molecule has 0 heterocycles. The molecule has 0 bridgehead atoms. The van der Waals surface area contributed by atoms with Gasteiger partial charge in [-0.05, 0) is 41.5 Å². The molecule has 5 heteroatoms. The van der Waals surface area contributed by atoms with E-state index >= 15 is 0 Å². The molecule has 0 aliphatic rings. The number of benzene rings is 3. The second-order valence-electron chi connectivity index (χ2n) is 5.93. The van der Waals surface area contributed by atoms with E-state index in [2.05, 4.69) is 0 Å². The average Bonchev–Trinajstić information content (AvgIpc) is 2.72. The highest BCUT2D eigenvalue weighted by Crippen LogP contribution is 2.28. The van der Waals surface area contributed by atoms with Crippen LogP contribution < -0.4 is 4.74 Å². The number of carbonyl (C=O) groups is 1. The number of carboxylic acid groups (broad SMARTS) is 1. The minimum absolute atomic E-state index is 0.248. The van der Waals surface area contributed by atoms with Gasteiger partial charge in [-0.25, -0.2) is 9.18 Å². The first-order chi connectivity index (χ1) is 13.6. The molecule has 0 atom stereocenters. The van der Waals surface area contributed by atoms with Crippen molar-refractivity contribution in [1.82, 2.24) is 0 Å². The van der Waals surface area contributed by atoms with Crippen molar-refractivity contribution in [2.45, 2.75) is 4.90 Å². The fraction of sp³-hybridized carbons (Fsp3) is 0.0870. The predicted octanol–water partition coefficient (Wildman–Crippen LogP) is 5.51. The van der Waals surface area contributed by atoms with Gasteiger partial charge in [0.2, 0.25) is 0 Å². The molecule has 0 aliphatic carbocycles. The first-order valence-corrected chi connectivity index (χ1v) is 9.70. The van der Waals surface area contributed by atoms with Gasteiger partial charge in [-0.3, -0.25) is 0 Å². The largest absolute Gasteiger partial charge is 0.482 e. The molecule has 0 fully saturated rings. The summed E-state index contributed by atoms with van der Waals surface area (Å²) in [6.45, 7) is -0.363. The topological polar surface area (TPSA) is 46.5 Å². The van der Waals surface area contributed by atoms with Gasteiger partial charge in [-0.15, -0.1) is 11.8 Å². The van der Waals surface area contributed by atoms with Crippen molar-refractivity contribution >= 4 is 23.3 Å². The van der Waals surface area contributed by atoms with Gasteiger partial charge in [-0.2, -0.15) is 0 Å². The molecule has 0 saturated heterocycles. The fourth-order valence-electron chi connectivity index (χ4n) is 2.68. The summed E-state index contributed by atoms with van der Waals surface area (Å²) in [5, 5.41) is 8.64. The summed E-state index contributed by atoms with van der Waals surface area (Å²) in [6, 6.07) is 23.8. The lowest BCUT2D eigenvalue weighted by Crippen LogP contribution is -2.09. The summed E-state index contributed by atoms with van der Waals surface area (Å²) in [5.74, 6) is -0.0835. The van der Waals surface area contributed by atoms with Crippen molar-refractivity contribution in [1.29, 1.82) is 0 Å². The Kier molecular flexibility index (Phi) is 6.87. The van der Waals surface area contributed by atoms with Crippen LogP contribution >= 0.6 is 11.8 Å². The summed E-state index contributed by atoms with van der Waals surface area (Å²) in [6.07, 6.45) is 2.02. The third-order valence-electron chi connectivity index (χ3n) is 3.97. The van der Waals surface area contributed by atoms with Gasteiger partial charge in [0.25, 0.3) is 0 Å². The van der Waals surface area contributed by atoms with Crippen LogP contribution in [0.1, 0.15) is 11.1 Å². The Bertz CT molecular complexity index is 953. The second-order valence-corrected chi connectivity index (χ2v) is 7.02. The van der Waals surface area contributed by atoms with E-state index in [0.717, 1.165) is 16.0 Å². The number of ether oxygens (including phenoxy) is 1. The van der Waals surface area contributed by atoms with Crippen LogP contribution in [0.15, 0.2) is 89.8 Å². The molecule has 3 aromatic carbocycles. The van der Waals surface area contributed by atoms with Crippen LogP contribution in [0, 0.1) is 5.82 Å². The molecule has 0 unspecified atom stereocenters. The van der Waals surface area contributed by atoms with E-state index in [1.54, 1.807) is 36.0 Å². The van der Waals surface area contributed by atoms with Gasteiger partial charge in [0.15, 0.2) is 6.61 Å². The van der Waals surface area contributed by atoms with E-state index in [1.807, 2.05) is 54.6 Å². The number of hydrogen-bond acceptors (Lipinski definition) is 3. The lowest BCUT2D eigenvalue weighted by atomic mass is 9.97. The number of halogens is 1. The second kappa shape index (κ2) is 9.76. The fourth-order valence-corrected chi connectivity index (χ4v) is 3.45. The van der Waals surface area contributed by atoms with Gasteiger partial charge >= 0.3 is 5.97 Å². The minimum atomic E-state index is -1.01. The number of hydrogen-bond donors (Lipinski definition) is 1. The van der Waals surface area contributed by atoms with Gasteiger partial charge in [0.1, 0.15) is 11.6 Å². The molecular formula is C23H19FO3S. The Morgan fingerprint density at radius 3 is 2.32 bits per heavy atom. The first-order valence-electron chi connectivity index (χ1n) is 8.71. The highest BCUT2D eigenvalue weighted by molar-refractivity contribution is 7.99. The van der Waals surface area contributed by atoms with Crippen LogP contribution in [0.25, 0.3) is 5.57 Å². The first kappa shape index (κ1) is 19.7. The van der Waals surface area contributed by atoms with Crippen molar-refractivity contribution < 1.29 is 19.0 Å². The third-order valence-corrected chi connectivity index (χ3v) is 4.91. The monoisotopic (exact) mass is 394 g/mol. The normalized spacial score (nSPS) is 11.2. The van der Waals surface area contributed by atoms with Gasteiger partial charge in [0.05, 0.1) is 0 Å². The molecular weight excluding hydrogens is 375 g/mol. The predicted molar refractivity (Wildman–Crippen MR) is 110 cm³/mol. The highest BCUT2D eigenvalue weighted by Gasteiger charge is 2.09. The smallest absolute Gasteiger partial charge is 0.341 e. The van der Waals surface area contributed by atoms with Crippen LogP contribution in [-0.4, -0.2) is 23.4 Å². The lowest BCUT2D eigenvalue weighted by molar-refractivity contribution is -0.139. The Balaban J connectivity index is 1.74. The maximum atomic E-state index is 14.3. The van der Waals surface area contributed by atoms with Crippen molar-refractivity contribution in [3.8, 4) is 5.75 Å². The average molecular weight is 394 g/mol. The molecule has 0 spiro atoms. The standard InChI is InChI=1S/C23H19FO3S/c24-22-9-5-4-8-21(22)20(17-6-2-1-3-7-17)14-15-28-19-12-10-18(11-13-19)27-16-23(25)26/h1-14H,15-16H2,(H,25,26). The molecule has 0 saturated carbocycles. The quantitative estimate of drug-likeness (QED) is 0.512.